The van der Waals surface area contributed by atoms with Crippen LogP contribution in [0.1, 0.15) is 19.4 Å². The Hall–Kier alpha value is -1.30. The van der Waals surface area contributed by atoms with Crippen LogP contribution in [-0.4, -0.2) is 56.3 Å². The summed E-state index contributed by atoms with van der Waals surface area (Å²) in [6, 6.07) is 6.03. The van der Waals surface area contributed by atoms with Crippen molar-refractivity contribution >= 4 is 17.5 Å². The van der Waals surface area contributed by atoms with Crippen LogP contribution in [0.15, 0.2) is 18.2 Å². The fraction of sp³-hybridized carbons (Fsp3) is 0.588. The lowest BCUT2D eigenvalue weighted by Gasteiger charge is -2.37. The van der Waals surface area contributed by atoms with Gasteiger partial charge in [-0.05, 0) is 26.0 Å². The van der Waals surface area contributed by atoms with Crippen molar-refractivity contribution in [1.82, 2.24) is 10.2 Å². The quantitative estimate of drug-likeness (QED) is 0.861. The van der Waals surface area contributed by atoms with Gasteiger partial charge in [-0.25, -0.2) is 0 Å². The summed E-state index contributed by atoms with van der Waals surface area (Å²) in [6.07, 6.45) is 0.216. The Bertz CT molecular complexity index is 539. The number of hydrogen-bond donors (Lipinski definition) is 1. The zero-order valence-corrected chi connectivity index (χ0v) is 14.7. The lowest BCUT2D eigenvalue weighted by Crippen LogP contribution is -2.52. The molecule has 1 amide bonds. The highest BCUT2D eigenvalue weighted by atomic mass is 35.5. The van der Waals surface area contributed by atoms with Crippen LogP contribution in [0.5, 0.6) is 5.75 Å². The molecule has 5 nitrogen and oxygen atoms in total. The second-order valence-electron chi connectivity index (χ2n) is 5.91. The molecule has 1 N–H and O–H groups in total. The minimum absolute atomic E-state index is 0.0517. The molecule has 1 heterocycles. The molecule has 2 rings (SSSR count). The second-order valence-corrected chi connectivity index (χ2v) is 6.32. The molecule has 1 fully saturated rings. The molecule has 6 heteroatoms. The van der Waals surface area contributed by atoms with Crippen molar-refractivity contribution in [3.8, 4) is 5.75 Å². The summed E-state index contributed by atoms with van der Waals surface area (Å²) in [5.74, 6) is 0.590. The molecule has 0 radical (unpaired) electrons. The van der Waals surface area contributed by atoms with Crippen molar-refractivity contribution in [1.29, 1.82) is 0 Å². The van der Waals surface area contributed by atoms with Crippen LogP contribution in [-0.2, 0) is 16.0 Å². The predicted molar refractivity (Wildman–Crippen MR) is 91.2 cm³/mol. The molecule has 1 aliphatic rings. The molecule has 0 aliphatic carbocycles. The summed E-state index contributed by atoms with van der Waals surface area (Å²) in [4.78, 5) is 14.6. The highest BCUT2D eigenvalue weighted by Gasteiger charge is 2.24. The van der Waals surface area contributed by atoms with Crippen molar-refractivity contribution in [2.75, 3.05) is 33.4 Å². The minimum atomic E-state index is -0.0517. The topological polar surface area (TPSA) is 50.8 Å². The van der Waals surface area contributed by atoms with Crippen molar-refractivity contribution < 1.29 is 14.3 Å². The molecule has 2 unspecified atom stereocenters. The number of benzene rings is 1. The number of carbonyl (C=O) groups is 1. The van der Waals surface area contributed by atoms with Crippen molar-refractivity contribution in [2.24, 2.45) is 0 Å². The fourth-order valence-electron chi connectivity index (χ4n) is 2.90. The van der Waals surface area contributed by atoms with Crippen molar-refractivity contribution in [3.63, 3.8) is 0 Å². The first-order chi connectivity index (χ1) is 11.0. The van der Waals surface area contributed by atoms with Crippen LogP contribution in [0.2, 0.25) is 5.02 Å². The SMILES string of the molecule is COc1cccc(Cl)c1CC(=O)NCC(C)N1CCOCC1C. The monoisotopic (exact) mass is 340 g/mol. The molecule has 0 saturated carbocycles. The van der Waals surface area contributed by atoms with Gasteiger partial charge in [-0.2, -0.15) is 0 Å². The molecule has 1 aromatic carbocycles. The minimum Gasteiger partial charge on any atom is -0.496 e. The van der Waals surface area contributed by atoms with Gasteiger partial charge in [0.1, 0.15) is 5.75 Å². The number of ether oxygens (including phenoxy) is 2. The molecule has 2 atom stereocenters. The molecular weight excluding hydrogens is 316 g/mol. The summed E-state index contributed by atoms with van der Waals surface area (Å²) >= 11 is 6.17. The summed E-state index contributed by atoms with van der Waals surface area (Å²) in [7, 11) is 1.58. The molecule has 0 aromatic heterocycles. The molecule has 23 heavy (non-hydrogen) atoms. The average Bonchev–Trinajstić information content (AvgIpc) is 2.55. The summed E-state index contributed by atoms with van der Waals surface area (Å²) in [6.45, 7) is 7.27. The number of hydrogen-bond acceptors (Lipinski definition) is 4. The van der Waals surface area contributed by atoms with Gasteiger partial charge in [0.05, 0.1) is 26.7 Å². The molecule has 1 saturated heterocycles. The number of methoxy groups -OCH3 is 1. The van der Waals surface area contributed by atoms with Gasteiger partial charge in [0.25, 0.3) is 0 Å². The zero-order valence-electron chi connectivity index (χ0n) is 14.0. The summed E-state index contributed by atoms with van der Waals surface area (Å²) in [5.41, 5.74) is 0.724. The third-order valence-electron chi connectivity index (χ3n) is 4.21. The van der Waals surface area contributed by atoms with Crippen molar-refractivity contribution in [3.05, 3.63) is 28.8 Å². The lowest BCUT2D eigenvalue weighted by molar-refractivity contribution is -0.120. The number of morpholine rings is 1. The molecule has 128 valence electrons. The maximum atomic E-state index is 12.2. The summed E-state index contributed by atoms with van der Waals surface area (Å²) in [5, 5.41) is 3.54. The summed E-state index contributed by atoms with van der Waals surface area (Å²) < 4.78 is 10.7. The molecular formula is C17H25ClN2O3. The van der Waals surface area contributed by atoms with Crippen LogP contribution in [0.4, 0.5) is 0 Å². The maximum Gasteiger partial charge on any atom is 0.224 e. The Morgan fingerprint density at radius 3 is 3.04 bits per heavy atom. The number of nitrogens with zero attached hydrogens (tertiary/aromatic N) is 1. The van der Waals surface area contributed by atoms with Crippen molar-refractivity contribution in [2.45, 2.75) is 32.4 Å². The van der Waals surface area contributed by atoms with E-state index < -0.39 is 0 Å². The normalized spacial score (nSPS) is 20.1. The Morgan fingerprint density at radius 1 is 1.57 bits per heavy atom. The third-order valence-corrected chi connectivity index (χ3v) is 4.57. The van der Waals surface area contributed by atoms with E-state index in [2.05, 4.69) is 24.1 Å². The molecule has 0 bridgehead atoms. The van der Waals surface area contributed by atoms with E-state index in [1.807, 2.05) is 12.1 Å². The van der Waals surface area contributed by atoms with E-state index in [1.165, 1.54) is 0 Å². The van der Waals surface area contributed by atoms with Crippen LogP contribution in [0.3, 0.4) is 0 Å². The van der Waals surface area contributed by atoms with Crippen LogP contribution < -0.4 is 10.1 Å². The van der Waals surface area contributed by atoms with Gasteiger partial charge in [-0.15, -0.1) is 0 Å². The zero-order chi connectivity index (χ0) is 16.8. The smallest absolute Gasteiger partial charge is 0.224 e. The van der Waals surface area contributed by atoms with Gasteiger partial charge < -0.3 is 14.8 Å². The van der Waals surface area contributed by atoms with E-state index in [0.717, 1.165) is 25.3 Å². The molecule has 0 spiro atoms. The van der Waals surface area contributed by atoms with Gasteiger partial charge in [0, 0.05) is 35.8 Å². The number of carbonyl (C=O) groups excluding carboxylic acids is 1. The Kier molecular flexibility index (Phi) is 6.69. The fourth-order valence-corrected chi connectivity index (χ4v) is 3.13. The lowest BCUT2D eigenvalue weighted by atomic mass is 10.1. The van der Waals surface area contributed by atoms with E-state index in [0.29, 0.717) is 23.4 Å². The number of amides is 1. The highest BCUT2D eigenvalue weighted by molar-refractivity contribution is 6.31. The second kappa shape index (κ2) is 8.52. The number of halogens is 1. The first-order valence-corrected chi connectivity index (χ1v) is 8.32. The average molecular weight is 341 g/mol. The Balaban J connectivity index is 1.88. The van der Waals surface area contributed by atoms with E-state index in [9.17, 15) is 4.79 Å². The van der Waals surface area contributed by atoms with Gasteiger partial charge in [-0.3, -0.25) is 9.69 Å². The first-order valence-electron chi connectivity index (χ1n) is 7.94. The van der Waals surface area contributed by atoms with Crippen LogP contribution >= 0.6 is 11.6 Å². The van der Waals surface area contributed by atoms with Crippen LogP contribution in [0.25, 0.3) is 0 Å². The van der Waals surface area contributed by atoms with E-state index in [-0.39, 0.29) is 18.4 Å². The molecule has 1 aliphatic heterocycles. The van der Waals surface area contributed by atoms with Gasteiger partial charge >= 0.3 is 0 Å². The maximum absolute atomic E-state index is 12.2. The Labute approximate surface area is 142 Å². The van der Waals surface area contributed by atoms with Crippen LogP contribution in [0, 0.1) is 0 Å². The highest BCUT2D eigenvalue weighted by Crippen LogP contribution is 2.26. The van der Waals surface area contributed by atoms with Gasteiger partial charge in [0.15, 0.2) is 0 Å². The largest absolute Gasteiger partial charge is 0.496 e. The number of nitrogens with one attached hydrogen (secondary N) is 1. The van der Waals surface area contributed by atoms with E-state index in [1.54, 1.807) is 13.2 Å². The molecule has 1 aromatic rings. The first kappa shape index (κ1) is 18.0. The predicted octanol–water partition coefficient (Wildman–Crippen LogP) is 2.12. The van der Waals surface area contributed by atoms with E-state index in [4.69, 9.17) is 21.1 Å². The number of rotatable bonds is 6. The van der Waals surface area contributed by atoms with E-state index >= 15 is 0 Å². The van der Waals surface area contributed by atoms with Gasteiger partial charge in [-0.1, -0.05) is 17.7 Å². The Morgan fingerprint density at radius 2 is 2.35 bits per heavy atom. The standard InChI is InChI=1S/C17H25ClN2O3/c1-12(20-7-8-23-11-13(20)2)10-19-17(21)9-14-15(18)5-4-6-16(14)22-3/h4-6,12-13H,7-11H2,1-3H3,(H,19,21). The van der Waals surface area contributed by atoms with Gasteiger partial charge in [0.2, 0.25) is 5.91 Å². The third kappa shape index (κ3) is 4.83.